The van der Waals surface area contributed by atoms with Gasteiger partial charge in [0.25, 0.3) is 0 Å². The Kier molecular flexibility index (Phi) is 4.53. The highest BCUT2D eigenvalue weighted by atomic mass is 16.5. The highest BCUT2D eigenvalue weighted by molar-refractivity contribution is 5.90. The Bertz CT molecular complexity index is 1210. The average Bonchev–Trinajstić information content (AvgIpc) is 3.24. The van der Waals surface area contributed by atoms with E-state index in [0.717, 1.165) is 22.2 Å². The number of benzene rings is 2. The van der Waals surface area contributed by atoms with Gasteiger partial charge in [-0.15, -0.1) is 0 Å². The molecule has 4 aromatic rings. The van der Waals surface area contributed by atoms with E-state index in [1.165, 1.54) is 6.07 Å². The van der Waals surface area contributed by atoms with Gasteiger partial charge in [-0.2, -0.15) is 5.10 Å². The Morgan fingerprint density at radius 3 is 2.64 bits per heavy atom. The minimum Gasteiger partial charge on any atom is -0.457 e. The molecular formula is C22H18N2O4. The van der Waals surface area contributed by atoms with Crippen LogP contribution in [0, 0.1) is 13.8 Å². The summed E-state index contributed by atoms with van der Waals surface area (Å²) in [7, 11) is 0. The summed E-state index contributed by atoms with van der Waals surface area (Å²) in [6.45, 7) is 3.84. The van der Waals surface area contributed by atoms with Crippen molar-refractivity contribution in [1.82, 2.24) is 9.78 Å². The van der Waals surface area contributed by atoms with Gasteiger partial charge >= 0.3 is 11.6 Å². The largest absolute Gasteiger partial charge is 0.457 e. The van der Waals surface area contributed by atoms with E-state index in [4.69, 9.17) is 9.15 Å². The molecule has 2 heterocycles. The van der Waals surface area contributed by atoms with Gasteiger partial charge in [0.05, 0.1) is 11.3 Å². The molecule has 0 spiro atoms. The maximum Gasteiger partial charge on any atom is 0.338 e. The van der Waals surface area contributed by atoms with Crippen LogP contribution in [0.15, 0.2) is 70.1 Å². The minimum absolute atomic E-state index is 0.00958. The van der Waals surface area contributed by atoms with Gasteiger partial charge in [-0.05, 0) is 55.3 Å². The predicted octanol–water partition coefficient (Wildman–Crippen LogP) is 3.95. The van der Waals surface area contributed by atoms with E-state index in [0.29, 0.717) is 16.7 Å². The number of hydrogen-bond acceptors (Lipinski definition) is 5. The second-order valence-corrected chi connectivity index (χ2v) is 6.55. The molecule has 0 atom stereocenters. The van der Waals surface area contributed by atoms with E-state index in [9.17, 15) is 9.59 Å². The number of rotatable bonds is 4. The number of esters is 1. The predicted molar refractivity (Wildman–Crippen MR) is 105 cm³/mol. The van der Waals surface area contributed by atoms with Gasteiger partial charge in [-0.25, -0.2) is 14.3 Å². The molecule has 0 amide bonds. The van der Waals surface area contributed by atoms with Crippen LogP contribution >= 0.6 is 0 Å². The number of aromatic nitrogens is 2. The number of ether oxygens (including phenoxy) is 1. The highest BCUT2D eigenvalue weighted by Gasteiger charge is 2.13. The molecule has 0 saturated heterocycles. The molecule has 0 aliphatic carbocycles. The van der Waals surface area contributed by atoms with Crippen LogP contribution in [-0.2, 0) is 11.3 Å². The normalized spacial score (nSPS) is 10.9. The number of fused-ring (bicyclic) bond motifs is 1. The molecule has 0 N–H and O–H groups in total. The van der Waals surface area contributed by atoms with Gasteiger partial charge in [0, 0.05) is 29.4 Å². The van der Waals surface area contributed by atoms with Gasteiger partial charge in [0.1, 0.15) is 12.2 Å². The molecule has 4 rings (SSSR count). The summed E-state index contributed by atoms with van der Waals surface area (Å²) in [6.07, 6.45) is 3.51. The molecule has 0 saturated carbocycles. The first-order chi connectivity index (χ1) is 13.5. The van der Waals surface area contributed by atoms with Gasteiger partial charge in [-0.3, -0.25) is 0 Å². The van der Waals surface area contributed by atoms with Crippen molar-refractivity contribution >= 4 is 16.9 Å². The van der Waals surface area contributed by atoms with E-state index in [-0.39, 0.29) is 6.61 Å². The second-order valence-electron chi connectivity index (χ2n) is 6.55. The Morgan fingerprint density at radius 2 is 1.93 bits per heavy atom. The van der Waals surface area contributed by atoms with Crippen LogP contribution < -0.4 is 5.63 Å². The minimum atomic E-state index is -0.462. The maximum atomic E-state index is 12.4. The van der Waals surface area contributed by atoms with Crippen molar-refractivity contribution in [2.24, 2.45) is 0 Å². The summed E-state index contributed by atoms with van der Waals surface area (Å²) >= 11 is 0. The molecule has 0 aliphatic heterocycles. The zero-order chi connectivity index (χ0) is 19.7. The third-order valence-electron chi connectivity index (χ3n) is 4.75. The zero-order valence-corrected chi connectivity index (χ0v) is 15.5. The maximum absolute atomic E-state index is 12.4. The van der Waals surface area contributed by atoms with Crippen LogP contribution in [0.3, 0.4) is 0 Å². The molecule has 2 aromatic heterocycles. The van der Waals surface area contributed by atoms with Crippen molar-refractivity contribution in [2.45, 2.75) is 20.5 Å². The molecule has 0 aliphatic rings. The van der Waals surface area contributed by atoms with Crippen molar-refractivity contribution in [3.05, 3.63) is 93.6 Å². The van der Waals surface area contributed by atoms with Crippen molar-refractivity contribution in [3.63, 3.8) is 0 Å². The van der Waals surface area contributed by atoms with Gasteiger partial charge in [-0.1, -0.05) is 12.1 Å². The zero-order valence-electron chi connectivity index (χ0n) is 15.5. The smallest absolute Gasteiger partial charge is 0.338 e. The number of carbonyl (C=O) groups is 1. The Morgan fingerprint density at radius 1 is 1.14 bits per heavy atom. The summed E-state index contributed by atoms with van der Waals surface area (Å²) in [6, 6.07) is 14.0. The topological polar surface area (TPSA) is 74.3 Å². The third-order valence-corrected chi connectivity index (χ3v) is 4.75. The molecule has 0 unspecified atom stereocenters. The molecule has 140 valence electrons. The summed E-state index contributed by atoms with van der Waals surface area (Å²) < 4.78 is 12.5. The van der Waals surface area contributed by atoms with Crippen LogP contribution in [0.2, 0.25) is 0 Å². The fraction of sp³-hybridized carbons (Fsp3) is 0.136. The molecule has 6 heteroatoms. The lowest BCUT2D eigenvalue weighted by Crippen LogP contribution is -2.08. The van der Waals surface area contributed by atoms with E-state index in [1.807, 2.05) is 38.2 Å². The standard InChI is InChI=1S/C22H18N2O4/c1-14-4-9-19-17(12-20(25)28-21(19)15(14)2)13-27-22(26)16-5-7-18(8-6-16)24-11-3-10-23-24/h3-12H,13H2,1-2H3. The first kappa shape index (κ1) is 17.7. The monoisotopic (exact) mass is 374 g/mol. The summed E-state index contributed by atoms with van der Waals surface area (Å²) in [5.41, 5.74) is 3.89. The highest BCUT2D eigenvalue weighted by Crippen LogP contribution is 2.24. The number of nitrogens with zero attached hydrogens (tertiary/aromatic N) is 2. The quantitative estimate of drug-likeness (QED) is 0.399. The second kappa shape index (κ2) is 7.15. The van der Waals surface area contributed by atoms with Crippen LogP contribution in [-0.4, -0.2) is 15.7 Å². The lowest BCUT2D eigenvalue weighted by atomic mass is 10.0. The molecule has 2 aromatic carbocycles. The molecule has 0 radical (unpaired) electrons. The number of hydrogen-bond donors (Lipinski definition) is 0. The number of aryl methyl sites for hydroxylation is 2. The summed E-state index contributed by atoms with van der Waals surface area (Å²) in [5, 5.41) is 4.92. The van der Waals surface area contributed by atoms with Crippen LogP contribution in [0.5, 0.6) is 0 Å². The molecular weight excluding hydrogens is 356 g/mol. The van der Waals surface area contributed by atoms with E-state index < -0.39 is 11.6 Å². The van der Waals surface area contributed by atoms with Crippen molar-refractivity contribution in [3.8, 4) is 5.69 Å². The Balaban J connectivity index is 1.55. The van der Waals surface area contributed by atoms with Crippen LogP contribution in [0.1, 0.15) is 27.0 Å². The molecule has 0 bridgehead atoms. The summed E-state index contributed by atoms with van der Waals surface area (Å²) in [4.78, 5) is 24.3. The molecule has 6 nitrogen and oxygen atoms in total. The first-order valence-electron chi connectivity index (χ1n) is 8.83. The van der Waals surface area contributed by atoms with Crippen LogP contribution in [0.25, 0.3) is 16.7 Å². The van der Waals surface area contributed by atoms with Gasteiger partial charge in [0.15, 0.2) is 0 Å². The van der Waals surface area contributed by atoms with Crippen molar-refractivity contribution in [1.29, 1.82) is 0 Å². The van der Waals surface area contributed by atoms with Crippen molar-refractivity contribution in [2.75, 3.05) is 0 Å². The fourth-order valence-electron chi connectivity index (χ4n) is 3.04. The number of carbonyl (C=O) groups excluding carboxylic acids is 1. The molecule has 0 fully saturated rings. The molecule has 28 heavy (non-hydrogen) atoms. The van der Waals surface area contributed by atoms with Crippen LogP contribution in [0.4, 0.5) is 0 Å². The first-order valence-corrected chi connectivity index (χ1v) is 8.83. The Hall–Kier alpha value is -3.67. The third kappa shape index (κ3) is 3.32. The lowest BCUT2D eigenvalue weighted by molar-refractivity contribution is 0.0474. The van der Waals surface area contributed by atoms with E-state index in [1.54, 1.807) is 35.1 Å². The average molecular weight is 374 g/mol. The van der Waals surface area contributed by atoms with E-state index >= 15 is 0 Å². The van der Waals surface area contributed by atoms with E-state index in [2.05, 4.69) is 5.10 Å². The van der Waals surface area contributed by atoms with Gasteiger partial charge < -0.3 is 9.15 Å². The lowest BCUT2D eigenvalue weighted by Gasteiger charge is -2.10. The van der Waals surface area contributed by atoms with Crippen molar-refractivity contribution < 1.29 is 13.9 Å². The fourth-order valence-corrected chi connectivity index (χ4v) is 3.04. The Labute approximate surface area is 161 Å². The van der Waals surface area contributed by atoms with Gasteiger partial charge in [0.2, 0.25) is 0 Å². The SMILES string of the molecule is Cc1ccc2c(COC(=O)c3ccc(-n4cccn4)cc3)cc(=O)oc2c1C. The summed E-state index contributed by atoms with van der Waals surface area (Å²) in [5.74, 6) is -0.461.